The summed E-state index contributed by atoms with van der Waals surface area (Å²) >= 11 is 0. The van der Waals surface area contributed by atoms with Gasteiger partial charge in [0.1, 0.15) is 0 Å². The van der Waals surface area contributed by atoms with E-state index in [4.69, 9.17) is 5.11 Å². The predicted molar refractivity (Wildman–Crippen MR) is 48.9 cm³/mol. The smallest absolute Gasteiger partial charge is 0.333 e. The maximum atomic E-state index is 10.7. The van der Waals surface area contributed by atoms with Gasteiger partial charge in [0.2, 0.25) is 0 Å². The summed E-state index contributed by atoms with van der Waals surface area (Å²) in [5.41, 5.74) is 2.74. The Balaban J connectivity index is 2.19. The maximum absolute atomic E-state index is 10.7. The number of dihydropyridines is 1. The standard InChI is InChI=1S/C10H11NO2/c12-10(13)8-5-7-3-1-2-4-9(7)11-6-8/h2,4,6,11H,1,3,5H2,(H,12,13). The molecule has 0 aromatic heterocycles. The summed E-state index contributed by atoms with van der Waals surface area (Å²) in [6, 6.07) is 0. The van der Waals surface area contributed by atoms with Gasteiger partial charge in [-0.2, -0.15) is 0 Å². The van der Waals surface area contributed by atoms with Crippen molar-refractivity contribution in [1.82, 2.24) is 5.32 Å². The Morgan fingerprint density at radius 3 is 3.15 bits per heavy atom. The molecule has 0 aromatic carbocycles. The maximum Gasteiger partial charge on any atom is 0.333 e. The number of allylic oxidation sites excluding steroid dienone is 3. The van der Waals surface area contributed by atoms with Gasteiger partial charge in [-0.15, -0.1) is 0 Å². The number of carboxylic acids is 1. The van der Waals surface area contributed by atoms with Gasteiger partial charge < -0.3 is 10.4 Å². The van der Waals surface area contributed by atoms with Crippen molar-refractivity contribution in [3.8, 4) is 0 Å². The van der Waals surface area contributed by atoms with E-state index in [1.54, 1.807) is 6.20 Å². The average Bonchev–Trinajstić information content (AvgIpc) is 2.17. The number of nitrogens with one attached hydrogen (secondary N) is 1. The molecule has 13 heavy (non-hydrogen) atoms. The number of carboxylic acid groups (broad SMARTS) is 1. The van der Waals surface area contributed by atoms with Gasteiger partial charge in [0.05, 0.1) is 5.57 Å². The first-order valence-corrected chi connectivity index (χ1v) is 4.35. The zero-order valence-corrected chi connectivity index (χ0v) is 7.21. The summed E-state index contributed by atoms with van der Waals surface area (Å²) in [5, 5.41) is 11.8. The third-order valence-corrected chi connectivity index (χ3v) is 2.36. The quantitative estimate of drug-likeness (QED) is 0.639. The van der Waals surface area contributed by atoms with Crippen LogP contribution < -0.4 is 5.32 Å². The minimum Gasteiger partial charge on any atom is -0.478 e. The lowest BCUT2D eigenvalue weighted by atomic mass is 9.93. The molecule has 1 heterocycles. The van der Waals surface area contributed by atoms with Gasteiger partial charge in [-0.3, -0.25) is 0 Å². The topological polar surface area (TPSA) is 49.3 Å². The Morgan fingerprint density at radius 2 is 2.38 bits per heavy atom. The lowest BCUT2D eigenvalue weighted by molar-refractivity contribution is -0.132. The highest BCUT2D eigenvalue weighted by atomic mass is 16.4. The third kappa shape index (κ3) is 1.49. The highest BCUT2D eigenvalue weighted by Gasteiger charge is 2.18. The van der Waals surface area contributed by atoms with Crippen molar-refractivity contribution >= 4 is 5.97 Å². The van der Waals surface area contributed by atoms with Crippen LogP contribution in [-0.4, -0.2) is 11.1 Å². The third-order valence-electron chi connectivity index (χ3n) is 2.36. The summed E-state index contributed by atoms with van der Waals surface area (Å²) in [6.45, 7) is 0. The molecule has 2 rings (SSSR count). The van der Waals surface area contributed by atoms with Crippen LogP contribution in [0.2, 0.25) is 0 Å². The number of carbonyl (C=O) groups is 1. The molecular weight excluding hydrogens is 166 g/mol. The van der Waals surface area contributed by atoms with Crippen molar-refractivity contribution in [3.63, 3.8) is 0 Å². The lowest BCUT2D eigenvalue weighted by Gasteiger charge is -2.20. The minimum atomic E-state index is -0.825. The minimum absolute atomic E-state index is 0.453. The van der Waals surface area contributed by atoms with E-state index in [1.807, 2.05) is 6.08 Å². The van der Waals surface area contributed by atoms with Gasteiger partial charge in [0.15, 0.2) is 0 Å². The summed E-state index contributed by atoms with van der Waals surface area (Å²) in [4.78, 5) is 10.7. The molecule has 0 saturated heterocycles. The first-order chi connectivity index (χ1) is 6.27. The number of hydrogen-bond donors (Lipinski definition) is 2. The zero-order valence-electron chi connectivity index (χ0n) is 7.21. The van der Waals surface area contributed by atoms with Crippen molar-refractivity contribution in [1.29, 1.82) is 0 Å². The van der Waals surface area contributed by atoms with E-state index >= 15 is 0 Å². The second-order valence-electron chi connectivity index (χ2n) is 3.25. The Morgan fingerprint density at radius 1 is 1.54 bits per heavy atom. The van der Waals surface area contributed by atoms with Crippen molar-refractivity contribution in [2.45, 2.75) is 19.3 Å². The average molecular weight is 177 g/mol. The second kappa shape index (κ2) is 3.09. The van der Waals surface area contributed by atoms with Crippen molar-refractivity contribution in [2.24, 2.45) is 0 Å². The van der Waals surface area contributed by atoms with Crippen molar-refractivity contribution in [2.75, 3.05) is 0 Å². The fraction of sp³-hybridized carbons (Fsp3) is 0.300. The van der Waals surface area contributed by atoms with E-state index in [9.17, 15) is 4.79 Å². The monoisotopic (exact) mass is 177 g/mol. The number of hydrogen-bond acceptors (Lipinski definition) is 2. The van der Waals surface area contributed by atoms with Gasteiger partial charge in [-0.25, -0.2) is 4.79 Å². The molecule has 0 fully saturated rings. The molecule has 0 saturated carbocycles. The van der Waals surface area contributed by atoms with E-state index in [0.717, 1.165) is 18.5 Å². The van der Waals surface area contributed by atoms with Crippen LogP contribution in [0.25, 0.3) is 0 Å². The molecule has 0 atom stereocenters. The Hall–Kier alpha value is -1.51. The van der Waals surface area contributed by atoms with Crippen LogP contribution in [0.4, 0.5) is 0 Å². The predicted octanol–water partition coefficient (Wildman–Crippen LogP) is 1.55. The molecule has 1 aliphatic carbocycles. The van der Waals surface area contributed by atoms with Crippen LogP contribution in [0.3, 0.4) is 0 Å². The van der Waals surface area contributed by atoms with E-state index in [-0.39, 0.29) is 0 Å². The lowest BCUT2D eigenvalue weighted by Crippen LogP contribution is -2.18. The van der Waals surface area contributed by atoms with E-state index in [0.29, 0.717) is 12.0 Å². The highest BCUT2D eigenvalue weighted by Crippen LogP contribution is 2.26. The van der Waals surface area contributed by atoms with Gasteiger partial charge in [-0.05, 0) is 24.5 Å². The number of rotatable bonds is 1. The van der Waals surface area contributed by atoms with Crippen molar-refractivity contribution < 1.29 is 9.90 Å². The first kappa shape index (κ1) is 8.10. The summed E-state index contributed by atoms with van der Waals surface area (Å²) < 4.78 is 0. The van der Waals surface area contributed by atoms with E-state index < -0.39 is 5.97 Å². The van der Waals surface area contributed by atoms with Crippen LogP contribution >= 0.6 is 0 Å². The molecule has 0 amide bonds. The van der Waals surface area contributed by atoms with Crippen LogP contribution in [0.5, 0.6) is 0 Å². The molecule has 2 aliphatic rings. The second-order valence-corrected chi connectivity index (χ2v) is 3.25. The molecular formula is C10H11NO2. The summed E-state index contributed by atoms with van der Waals surface area (Å²) in [7, 11) is 0. The van der Waals surface area contributed by atoms with Gasteiger partial charge in [0, 0.05) is 18.3 Å². The zero-order chi connectivity index (χ0) is 9.26. The van der Waals surface area contributed by atoms with Crippen molar-refractivity contribution in [3.05, 3.63) is 35.2 Å². The fourth-order valence-corrected chi connectivity index (χ4v) is 1.63. The van der Waals surface area contributed by atoms with E-state index in [1.165, 1.54) is 5.57 Å². The van der Waals surface area contributed by atoms with Crippen LogP contribution in [0, 0.1) is 0 Å². The SMILES string of the molecule is O=C(O)C1=CNC2=C(CCC=C2)C1. The van der Waals surface area contributed by atoms with Gasteiger partial charge in [-0.1, -0.05) is 6.08 Å². The molecule has 0 radical (unpaired) electrons. The molecule has 3 nitrogen and oxygen atoms in total. The highest BCUT2D eigenvalue weighted by molar-refractivity contribution is 5.87. The van der Waals surface area contributed by atoms with Gasteiger partial charge in [0.25, 0.3) is 0 Å². The molecule has 0 unspecified atom stereocenters. The van der Waals surface area contributed by atoms with Crippen LogP contribution in [-0.2, 0) is 4.79 Å². The largest absolute Gasteiger partial charge is 0.478 e. The molecule has 2 N–H and O–H groups in total. The van der Waals surface area contributed by atoms with Gasteiger partial charge >= 0.3 is 5.97 Å². The summed E-state index contributed by atoms with van der Waals surface area (Å²) in [5.74, 6) is -0.825. The normalized spacial score (nSPS) is 20.5. The molecule has 3 heteroatoms. The Labute approximate surface area is 76.4 Å². The Kier molecular flexibility index (Phi) is 1.93. The van der Waals surface area contributed by atoms with Crippen LogP contribution in [0.1, 0.15) is 19.3 Å². The fourth-order valence-electron chi connectivity index (χ4n) is 1.63. The molecule has 0 bridgehead atoms. The molecule has 0 spiro atoms. The van der Waals surface area contributed by atoms with Crippen LogP contribution in [0.15, 0.2) is 35.2 Å². The molecule has 1 aliphatic heterocycles. The van der Waals surface area contributed by atoms with E-state index in [2.05, 4.69) is 11.4 Å². The number of aliphatic carboxylic acids is 1. The molecule has 0 aromatic rings. The molecule has 68 valence electrons. The Bertz CT molecular complexity index is 337. The first-order valence-electron chi connectivity index (χ1n) is 4.35. The summed E-state index contributed by atoms with van der Waals surface area (Å²) in [6.07, 6.45) is 8.29.